The second-order valence-corrected chi connectivity index (χ2v) is 3.65. The van der Waals surface area contributed by atoms with E-state index in [2.05, 4.69) is 0 Å². The van der Waals surface area contributed by atoms with Crippen LogP contribution in [0, 0.1) is 11.6 Å². The van der Waals surface area contributed by atoms with Gasteiger partial charge in [0.05, 0.1) is 19.8 Å². The van der Waals surface area contributed by atoms with Crippen LogP contribution in [-0.2, 0) is 0 Å². The number of ether oxygens (including phenoxy) is 2. The summed E-state index contributed by atoms with van der Waals surface area (Å²) < 4.78 is 37.4. The summed E-state index contributed by atoms with van der Waals surface area (Å²) >= 11 is 0. The molecule has 0 spiro atoms. The summed E-state index contributed by atoms with van der Waals surface area (Å²) in [5, 5.41) is 0. The summed E-state index contributed by atoms with van der Waals surface area (Å²) in [6, 6.07) is 9.59. The maximum atomic E-state index is 13.7. The summed E-state index contributed by atoms with van der Waals surface area (Å²) in [7, 11) is 2.67. The lowest BCUT2D eigenvalue weighted by Crippen LogP contribution is -1.99. The average molecular weight is 250 g/mol. The lowest BCUT2D eigenvalue weighted by atomic mass is 10.0. The minimum Gasteiger partial charge on any atom is -0.493 e. The predicted octanol–water partition coefficient (Wildman–Crippen LogP) is 3.65. The first-order valence-electron chi connectivity index (χ1n) is 5.34. The molecule has 0 unspecified atom stereocenters. The molecule has 0 bridgehead atoms. The van der Waals surface area contributed by atoms with Crippen LogP contribution >= 0.6 is 0 Å². The topological polar surface area (TPSA) is 18.5 Å². The van der Waals surface area contributed by atoms with E-state index in [4.69, 9.17) is 9.47 Å². The van der Waals surface area contributed by atoms with Crippen molar-refractivity contribution in [3.8, 4) is 22.6 Å². The zero-order valence-corrected chi connectivity index (χ0v) is 10.0. The third-order valence-electron chi connectivity index (χ3n) is 2.61. The normalized spacial score (nSPS) is 10.2. The molecular weight excluding hydrogens is 238 g/mol. The van der Waals surface area contributed by atoms with E-state index < -0.39 is 11.6 Å². The van der Waals surface area contributed by atoms with E-state index in [1.165, 1.54) is 14.2 Å². The van der Waals surface area contributed by atoms with E-state index in [0.717, 1.165) is 6.07 Å². The lowest BCUT2D eigenvalue weighted by molar-refractivity contribution is 0.361. The van der Waals surface area contributed by atoms with E-state index in [1.54, 1.807) is 24.3 Å². The molecule has 18 heavy (non-hydrogen) atoms. The van der Waals surface area contributed by atoms with Gasteiger partial charge in [-0.05, 0) is 5.56 Å². The molecule has 0 fully saturated rings. The van der Waals surface area contributed by atoms with Gasteiger partial charge < -0.3 is 9.47 Å². The molecule has 2 aromatic carbocycles. The summed E-state index contributed by atoms with van der Waals surface area (Å²) in [5.41, 5.74) is 0.905. The van der Waals surface area contributed by atoms with E-state index in [9.17, 15) is 8.78 Å². The van der Waals surface area contributed by atoms with Crippen LogP contribution in [0.25, 0.3) is 11.1 Å². The molecule has 0 N–H and O–H groups in total. The first kappa shape index (κ1) is 12.4. The minimum absolute atomic E-state index is 0.0283. The number of methoxy groups -OCH3 is 2. The summed E-state index contributed by atoms with van der Waals surface area (Å²) in [5.74, 6) is -1.57. The Morgan fingerprint density at radius 1 is 0.833 bits per heavy atom. The molecule has 2 nitrogen and oxygen atoms in total. The Morgan fingerprint density at radius 3 is 1.78 bits per heavy atom. The number of hydrogen-bond acceptors (Lipinski definition) is 2. The molecule has 0 amide bonds. The minimum atomic E-state index is -0.755. The highest BCUT2D eigenvalue weighted by Gasteiger charge is 2.21. The van der Waals surface area contributed by atoms with Gasteiger partial charge in [0.25, 0.3) is 0 Å². The van der Waals surface area contributed by atoms with E-state index in [-0.39, 0.29) is 17.1 Å². The zero-order chi connectivity index (χ0) is 13.1. The van der Waals surface area contributed by atoms with Crippen LogP contribution in [0.5, 0.6) is 11.5 Å². The van der Waals surface area contributed by atoms with Gasteiger partial charge in [0.2, 0.25) is 0 Å². The third kappa shape index (κ3) is 2.01. The van der Waals surface area contributed by atoms with Gasteiger partial charge in [-0.2, -0.15) is 0 Å². The molecule has 4 heteroatoms. The van der Waals surface area contributed by atoms with Crippen molar-refractivity contribution in [1.82, 2.24) is 0 Å². The Labute approximate surface area is 104 Å². The summed E-state index contributed by atoms with van der Waals surface area (Å²) in [6.45, 7) is 0. The van der Waals surface area contributed by atoms with Gasteiger partial charge in [-0.1, -0.05) is 30.3 Å². The van der Waals surface area contributed by atoms with Crippen molar-refractivity contribution in [2.45, 2.75) is 0 Å². The van der Waals surface area contributed by atoms with Crippen molar-refractivity contribution >= 4 is 0 Å². The van der Waals surface area contributed by atoms with Crippen molar-refractivity contribution in [3.63, 3.8) is 0 Å². The van der Waals surface area contributed by atoms with Crippen LogP contribution in [0.3, 0.4) is 0 Å². The van der Waals surface area contributed by atoms with E-state index in [1.807, 2.05) is 6.07 Å². The largest absolute Gasteiger partial charge is 0.493 e. The fourth-order valence-electron chi connectivity index (χ4n) is 1.85. The molecular formula is C14H12F2O2. The molecule has 0 aliphatic heterocycles. The molecule has 0 aromatic heterocycles. The maximum Gasteiger partial charge on any atom is 0.168 e. The van der Waals surface area contributed by atoms with Crippen molar-refractivity contribution < 1.29 is 18.3 Å². The first-order chi connectivity index (χ1) is 8.69. The Balaban J connectivity index is 2.77. The quantitative estimate of drug-likeness (QED) is 0.827. The van der Waals surface area contributed by atoms with Crippen molar-refractivity contribution in [3.05, 3.63) is 48.0 Å². The number of rotatable bonds is 3. The highest BCUT2D eigenvalue weighted by Crippen LogP contribution is 2.41. The van der Waals surface area contributed by atoms with Gasteiger partial charge in [-0.25, -0.2) is 8.78 Å². The predicted molar refractivity (Wildman–Crippen MR) is 64.9 cm³/mol. The Hall–Kier alpha value is -2.10. The molecule has 94 valence electrons. The van der Waals surface area contributed by atoms with Gasteiger partial charge in [0.15, 0.2) is 23.1 Å². The SMILES string of the molecule is COc1c(F)cc(F)c(OC)c1-c1ccccc1. The molecule has 0 saturated heterocycles. The Morgan fingerprint density at radius 2 is 1.33 bits per heavy atom. The smallest absolute Gasteiger partial charge is 0.168 e. The monoisotopic (exact) mass is 250 g/mol. The second kappa shape index (κ2) is 5.04. The standard InChI is InChI=1S/C14H12F2O2/c1-17-13-10(15)8-11(16)14(18-2)12(13)9-6-4-3-5-7-9/h3-8H,1-2H3. The van der Waals surface area contributed by atoms with Gasteiger partial charge >= 0.3 is 0 Å². The van der Waals surface area contributed by atoms with Crippen molar-refractivity contribution in [1.29, 1.82) is 0 Å². The zero-order valence-electron chi connectivity index (χ0n) is 10.0. The molecule has 0 atom stereocenters. The maximum absolute atomic E-state index is 13.7. The molecule has 0 aliphatic rings. The fourth-order valence-corrected chi connectivity index (χ4v) is 1.85. The van der Waals surface area contributed by atoms with Gasteiger partial charge in [-0.15, -0.1) is 0 Å². The number of hydrogen-bond donors (Lipinski definition) is 0. The first-order valence-corrected chi connectivity index (χ1v) is 5.34. The Kier molecular flexibility index (Phi) is 3.46. The molecule has 2 rings (SSSR count). The van der Waals surface area contributed by atoms with Crippen LogP contribution in [0.15, 0.2) is 36.4 Å². The Bertz CT molecular complexity index is 525. The average Bonchev–Trinajstić information content (AvgIpc) is 2.39. The molecule has 2 aromatic rings. The van der Waals surface area contributed by atoms with Gasteiger partial charge in [0, 0.05) is 6.07 Å². The summed E-state index contributed by atoms with van der Waals surface area (Å²) in [6.07, 6.45) is 0. The van der Waals surface area contributed by atoms with Gasteiger partial charge in [-0.3, -0.25) is 0 Å². The molecule has 0 aliphatic carbocycles. The van der Waals surface area contributed by atoms with Crippen LogP contribution in [0.4, 0.5) is 8.78 Å². The van der Waals surface area contributed by atoms with Crippen LogP contribution < -0.4 is 9.47 Å². The molecule has 0 radical (unpaired) electrons. The highest BCUT2D eigenvalue weighted by molar-refractivity contribution is 5.77. The lowest BCUT2D eigenvalue weighted by Gasteiger charge is -2.14. The second-order valence-electron chi connectivity index (χ2n) is 3.65. The summed E-state index contributed by atoms with van der Waals surface area (Å²) in [4.78, 5) is 0. The molecule has 0 saturated carbocycles. The van der Waals surface area contributed by atoms with E-state index in [0.29, 0.717) is 5.56 Å². The van der Waals surface area contributed by atoms with Crippen LogP contribution in [-0.4, -0.2) is 14.2 Å². The number of halogens is 2. The fraction of sp³-hybridized carbons (Fsp3) is 0.143. The third-order valence-corrected chi connectivity index (χ3v) is 2.61. The van der Waals surface area contributed by atoms with Crippen LogP contribution in [0.1, 0.15) is 0 Å². The van der Waals surface area contributed by atoms with Crippen LogP contribution in [0.2, 0.25) is 0 Å². The van der Waals surface area contributed by atoms with E-state index >= 15 is 0 Å². The highest BCUT2D eigenvalue weighted by atomic mass is 19.1. The molecule has 0 heterocycles. The number of benzene rings is 2. The van der Waals surface area contributed by atoms with Crippen molar-refractivity contribution in [2.24, 2.45) is 0 Å². The van der Waals surface area contributed by atoms with Gasteiger partial charge in [0.1, 0.15) is 0 Å². The van der Waals surface area contributed by atoms with Crippen molar-refractivity contribution in [2.75, 3.05) is 14.2 Å².